The zero-order valence-corrected chi connectivity index (χ0v) is 10.9. The van der Waals surface area contributed by atoms with Crippen LogP contribution in [0.3, 0.4) is 0 Å². The van der Waals surface area contributed by atoms with Gasteiger partial charge in [0.25, 0.3) is 0 Å². The quantitative estimate of drug-likeness (QED) is 0.812. The summed E-state index contributed by atoms with van der Waals surface area (Å²) in [5.74, 6) is 0.455. The Labute approximate surface area is 111 Å². The van der Waals surface area contributed by atoms with E-state index in [-0.39, 0.29) is 5.75 Å². The molecule has 1 aromatic carbocycles. The lowest BCUT2D eigenvalue weighted by atomic mass is 10.3. The van der Waals surface area contributed by atoms with Crippen molar-refractivity contribution in [3.8, 4) is 11.4 Å². The fourth-order valence-electron chi connectivity index (χ4n) is 1.71. The van der Waals surface area contributed by atoms with Crippen molar-refractivity contribution in [1.82, 2.24) is 9.55 Å². The average molecular weight is 265 g/mol. The third-order valence-electron chi connectivity index (χ3n) is 2.64. The molecule has 0 atom stereocenters. The van der Waals surface area contributed by atoms with Crippen LogP contribution in [0.25, 0.3) is 5.69 Å². The van der Waals surface area contributed by atoms with Gasteiger partial charge in [-0.05, 0) is 12.1 Å². The Morgan fingerprint density at radius 3 is 2.89 bits per heavy atom. The van der Waals surface area contributed by atoms with Gasteiger partial charge in [0.15, 0.2) is 11.6 Å². The van der Waals surface area contributed by atoms with Gasteiger partial charge in [-0.1, -0.05) is 0 Å². The second-order valence-corrected chi connectivity index (χ2v) is 3.86. The number of ether oxygens (including phenoxy) is 2. The van der Waals surface area contributed by atoms with Crippen molar-refractivity contribution in [2.24, 2.45) is 0 Å². The van der Waals surface area contributed by atoms with Crippen molar-refractivity contribution >= 4 is 5.95 Å². The predicted molar refractivity (Wildman–Crippen MR) is 70.4 cm³/mol. The van der Waals surface area contributed by atoms with Crippen molar-refractivity contribution in [3.63, 3.8) is 0 Å². The summed E-state index contributed by atoms with van der Waals surface area (Å²) in [6, 6.07) is 4.76. The van der Waals surface area contributed by atoms with Gasteiger partial charge in [0.2, 0.25) is 5.95 Å². The largest absolute Gasteiger partial charge is 0.494 e. The van der Waals surface area contributed by atoms with E-state index in [0.29, 0.717) is 24.8 Å². The topological polar surface area (TPSA) is 48.3 Å². The Kier molecular flexibility index (Phi) is 4.35. The van der Waals surface area contributed by atoms with E-state index in [1.807, 2.05) is 0 Å². The molecule has 1 aromatic heterocycles. The van der Waals surface area contributed by atoms with E-state index in [9.17, 15) is 4.39 Å². The fourth-order valence-corrected chi connectivity index (χ4v) is 1.71. The zero-order valence-electron chi connectivity index (χ0n) is 10.9. The highest BCUT2D eigenvalue weighted by molar-refractivity contribution is 5.44. The molecule has 19 heavy (non-hydrogen) atoms. The predicted octanol–water partition coefficient (Wildman–Crippen LogP) is 2.08. The highest BCUT2D eigenvalue weighted by Crippen LogP contribution is 2.22. The Morgan fingerprint density at radius 1 is 1.37 bits per heavy atom. The van der Waals surface area contributed by atoms with Crippen LogP contribution in [0.4, 0.5) is 10.3 Å². The van der Waals surface area contributed by atoms with E-state index < -0.39 is 5.82 Å². The Hall–Kier alpha value is -2.08. The number of methoxy groups -OCH3 is 2. The molecule has 0 aliphatic heterocycles. The van der Waals surface area contributed by atoms with E-state index in [4.69, 9.17) is 9.47 Å². The lowest BCUT2D eigenvalue weighted by Crippen LogP contribution is -2.11. The molecule has 0 spiro atoms. The van der Waals surface area contributed by atoms with E-state index >= 15 is 0 Å². The molecule has 1 heterocycles. The summed E-state index contributed by atoms with van der Waals surface area (Å²) in [4.78, 5) is 4.18. The smallest absolute Gasteiger partial charge is 0.207 e. The lowest BCUT2D eigenvalue weighted by Gasteiger charge is -2.10. The Morgan fingerprint density at radius 2 is 2.21 bits per heavy atom. The number of benzene rings is 1. The van der Waals surface area contributed by atoms with Crippen molar-refractivity contribution in [2.45, 2.75) is 0 Å². The standard InChI is InChI=1S/C13H16FN3O2/c1-18-8-6-16-13-15-5-7-17(13)10-3-4-12(19-2)11(14)9-10/h3-5,7,9H,6,8H2,1-2H3,(H,15,16). The third-order valence-corrected chi connectivity index (χ3v) is 2.64. The molecule has 6 heteroatoms. The van der Waals surface area contributed by atoms with Crippen LogP contribution < -0.4 is 10.1 Å². The van der Waals surface area contributed by atoms with Crippen LogP contribution in [0.15, 0.2) is 30.6 Å². The molecule has 5 nitrogen and oxygen atoms in total. The fraction of sp³-hybridized carbons (Fsp3) is 0.308. The van der Waals surface area contributed by atoms with Crippen LogP contribution in [0.1, 0.15) is 0 Å². The summed E-state index contributed by atoms with van der Waals surface area (Å²) in [5, 5.41) is 3.11. The van der Waals surface area contributed by atoms with Crippen LogP contribution in [-0.2, 0) is 4.74 Å². The summed E-state index contributed by atoms with van der Waals surface area (Å²) in [6.45, 7) is 1.20. The average Bonchev–Trinajstić information content (AvgIpc) is 2.87. The number of aromatic nitrogens is 2. The van der Waals surface area contributed by atoms with E-state index in [1.165, 1.54) is 13.2 Å². The molecule has 2 aromatic rings. The summed E-state index contributed by atoms with van der Waals surface area (Å²) < 4.78 is 25.3. The molecule has 0 unspecified atom stereocenters. The maximum atomic E-state index is 13.7. The van der Waals surface area contributed by atoms with Crippen LogP contribution in [0.5, 0.6) is 5.75 Å². The molecule has 102 valence electrons. The van der Waals surface area contributed by atoms with Gasteiger partial charge in [-0.25, -0.2) is 9.37 Å². The summed E-state index contributed by atoms with van der Waals surface area (Å²) in [6.07, 6.45) is 3.41. The third kappa shape index (κ3) is 3.03. The molecule has 0 bridgehead atoms. The molecular formula is C13H16FN3O2. The van der Waals surface area contributed by atoms with Gasteiger partial charge in [-0.15, -0.1) is 0 Å². The van der Waals surface area contributed by atoms with E-state index in [1.54, 1.807) is 36.2 Å². The summed E-state index contributed by atoms with van der Waals surface area (Å²) >= 11 is 0. The van der Waals surface area contributed by atoms with Crippen LogP contribution in [0.2, 0.25) is 0 Å². The molecule has 0 aliphatic carbocycles. The van der Waals surface area contributed by atoms with Gasteiger partial charge in [-0.2, -0.15) is 0 Å². The monoisotopic (exact) mass is 265 g/mol. The SMILES string of the molecule is COCCNc1nccn1-c1ccc(OC)c(F)c1. The van der Waals surface area contributed by atoms with Crippen molar-refractivity contribution in [2.75, 3.05) is 32.7 Å². The lowest BCUT2D eigenvalue weighted by molar-refractivity contribution is 0.210. The van der Waals surface area contributed by atoms with Gasteiger partial charge in [0.05, 0.1) is 19.4 Å². The first-order chi connectivity index (χ1) is 9.26. The Bertz CT molecular complexity index is 542. The van der Waals surface area contributed by atoms with Gasteiger partial charge >= 0.3 is 0 Å². The van der Waals surface area contributed by atoms with Crippen LogP contribution >= 0.6 is 0 Å². The number of hydrogen-bond donors (Lipinski definition) is 1. The molecule has 0 amide bonds. The maximum Gasteiger partial charge on any atom is 0.207 e. The van der Waals surface area contributed by atoms with Crippen molar-refractivity contribution < 1.29 is 13.9 Å². The second-order valence-electron chi connectivity index (χ2n) is 3.86. The van der Waals surface area contributed by atoms with E-state index in [0.717, 1.165) is 0 Å². The van der Waals surface area contributed by atoms with E-state index in [2.05, 4.69) is 10.3 Å². The summed E-state index contributed by atoms with van der Waals surface area (Å²) in [7, 11) is 3.07. The molecular weight excluding hydrogens is 249 g/mol. The number of nitrogens with zero attached hydrogens (tertiary/aromatic N) is 2. The number of rotatable bonds is 6. The molecule has 1 N–H and O–H groups in total. The Balaban J connectivity index is 2.22. The second kappa shape index (κ2) is 6.19. The maximum absolute atomic E-state index is 13.7. The molecule has 0 radical (unpaired) electrons. The van der Waals surface area contributed by atoms with Crippen LogP contribution in [-0.4, -0.2) is 36.9 Å². The van der Waals surface area contributed by atoms with Gasteiger partial charge < -0.3 is 14.8 Å². The minimum absolute atomic E-state index is 0.220. The molecule has 0 saturated heterocycles. The normalized spacial score (nSPS) is 10.5. The van der Waals surface area contributed by atoms with Gasteiger partial charge in [0, 0.05) is 32.1 Å². The number of anilines is 1. The molecule has 0 saturated carbocycles. The molecule has 2 rings (SSSR count). The first-order valence-corrected chi connectivity index (χ1v) is 5.86. The highest BCUT2D eigenvalue weighted by atomic mass is 19.1. The first kappa shape index (κ1) is 13.4. The number of imidazole rings is 1. The van der Waals surface area contributed by atoms with Crippen molar-refractivity contribution in [1.29, 1.82) is 0 Å². The van der Waals surface area contributed by atoms with Gasteiger partial charge in [-0.3, -0.25) is 4.57 Å². The minimum Gasteiger partial charge on any atom is -0.494 e. The van der Waals surface area contributed by atoms with Crippen LogP contribution in [0, 0.1) is 5.82 Å². The molecule has 0 fully saturated rings. The number of halogens is 1. The number of hydrogen-bond acceptors (Lipinski definition) is 4. The van der Waals surface area contributed by atoms with Crippen molar-refractivity contribution in [3.05, 3.63) is 36.4 Å². The number of nitrogens with one attached hydrogen (secondary N) is 1. The minimum atomic E-state index is -0.406. The van der Waals surface area contributed by atoms with Gasteiger partial charge in [0.1, 0.15) is 0 Å². The first-order valence-electron chi connectivity index (χ1n) is 5.86. The zero-order chi connectivity index (χ0) is 13.7. The molecule has 0 aliphatic rings. The highest BCUT2D eigenvalue weighted by Gasteiger charge is 2.08. The summed E-state index contributed by atoms with van der Waals surface area (Å²) in [5.41, 5.74) is 0.677.